The molecule has 0 aliphatic rings. The molecule has 0 aromatic carbocycles. The zero-order valence-electron chi connectivity index (χ0n) is 11.7. The Morgan fingerprint density at radius 3 is 2.50 bits per heavy atom. The van der Waals surface area contributed by atoms with Crippen LogP contribution < -0.4 is 4.74 Å². The summed E-state index contributed by atoms with van der Waals surface area (Å²) in [5, 5.41) is 4.67. The molecule has 0 saturated heterocycles. The molecule has 18 heavy (non-hydrogen) atoms. The number of nitrogens with zero attached hydrogens (tertiary/aromatic N) is 1. The van der Waals surface area contributed by atoms with Gasteiger partial charge in [-0.1, -0.05) is 36.7 Å². The smallest absolute Gasteiger partial charge is 0.254 e. The first-order chi connectivity index (χ1) is 8.26. The molecule has 1 heterocycles. The van der Waals surface area contributed by atoms with Crippen molar-refractivity contribution < 1.29 is 13.7 Å². The average molecular weight is 336 g/mol. The van der Waals surface area contributed by atoms with E-state index >= 15 is 0 Å². The minimum Gasteiger partial charge on any atom is -0.473 e. The lowest BCUT2D eigenvalue weighted by Gasteiger charge is -2.36. The summed E-state index contributed by atoms with van der Waals surface area (Å²) < 4.78 is 16.5. The molecule has 0 N–H and O–H groups in total. The second-order valence-electron chi connectivity index (χ2n) is 5.72. The first-order valence-electron chi connectivity index (χ1n) is 6.04. The maximum Gasteiger partial charge on any atom is 0.254 e. The minimum atomic E-state index is -1.68. The molecule has 0 atom stereocenters. The Hall–Kier alpha value is -0.333. The van der Waals surface area contributed by atoms with Crippen LogP contribution >= 0.6 is 15.9 Å². The third-order valence-corrected chi connectivity index (χ3v) is 8.36. The van der Waals surface area contributed by atoms with Crippen LogP contribution in [0.2, 0.25) is 18.1 Å². The van der Waals surface area contributed by atoms with Crippen molar-refractivity contribution in [2.45, 2.75) is 44.2 Å². The van der Waals surface area contributed by atoms with Gasteiger partial charge in [0.15, 0.2) is 14.1 Å². The quantitative estimate of drug-likeness (QED) is 0.448. The summed E-state index contributed by atoms with van der Waals surface area (Å²) >= 11 is 3.29. The van der Waals surface area contributed by atoms with Crippen LogP contribution in [-0.2, 0) is 9.76 Å². The molecule has 1 aromatic heterocycles. The zero-order valence-corrected chi connectivity index (χ0v) is 14.3. The third-order valence-electron chi connectivity index (χ3n) is 3.27. The fourth-order valence-corrected chi connectivity index (χ4v) is 2.38. The number of ether oxygens (including phenoxy) is 1. The van der Waals surface area contributed by atoms with Crippen molar-refractivity contribution in [3.63, 3.8) is 0 Å². The molecule has 0 aliphatic carbocycles. The largest absolute Gasteiger partial charge is 0.473 e. The lowest BCUT2D eigenvalue weighted by molar-refractivity contribution is 0.192. The molecule has 0 radical (unpaired) electrons. The second-order valence-corrected chi connectivity index (χ2v) is 11.1. The molecular formula is C12H22BrNO3Si. The van der Waals surface area contributed by atoms with Crippen molar-refractivity contribution >= 4 is 24.2 Å². The van der Waals surface area contributed by atoms with Gasteiger partial charge in [-0.2, -0.15) is 0 Å². The van der Waals surface area contributed by atoms with Gasteiger partial charge in [0.2, 0.25) is 0 Å². The van der Waals surface area contributed by atoms with Crippen LogP contribution in [0.25, 0.3) is 0 Å². The third kappa shape index (κ3) is 4.40. The Balaban J connectivity index is 2.31. The maximum absolute atomic E-state index is 6.00. The van der Waals surface area contributed by atoms with Crippen molar-refractivity contribution in [1.29, 1.82) is 0 Å². The fraction of sp³-hybridized carbons (Fsp3) is 0.750. The van der Waals surface area contributed by atoms with E-state index in [1.807, 2.05) is 0 Å². The lowest BCUT2D eigenvalue weighted by atomic mass is 10.2. The molecule has 4 nitrogen and oxygen atoms in total. The summed E-state index contributed by atoms with van der Waals surface area (Å²) in [7, 11) is -1.68. The van der Waals surface area contributed by atoms with E-state index in [9.17, 15) is 0 Å². The molecule has 0 amide bonds. The van der Waals surface area contributed by atoms with Crippen molar-refractivity contribution in [1.82, 2.24) is 5.16 Å². The van der Waals surface area contributed by atoms with E-state index in [1.54, 1.807) is 6.07 Å². The number of rotatable bonds is 6. The molecule has 6 heteroatoms. The van der Waals surface area contributed by atoms with E-state index < -0.39 is 8.32 Å². The SMILES string of the molecule is CC(C)(C)[Si](C)(C)OCCOc1cc(CBr)on1. The number of hydrogen-bond donors (Lipinski definition) is 0. The highest BCUT2D eigenvalue weighted by atomic mass is 79.9. The van der Waals surface area contributed by atoms with Crippen LogP contribution in [0.1, 0.15) is 26.5 Å². The molecular weight excluding hydrogens is 314 g/mol. The van der Waals surface area contributed by atoms with Gasteiger partial charge in [-0.05, 0) is 23.3 Å². The highest BCUT2D eigenvalue weighted by molar-refractivity contribution is 9.08. The van der Waals surface area contributed by atoms with Gasteiger partial charge >= 0.3 is 0 Å². The predicted molar refractivity (Wildman–Crippen MR) is 77.8 cm³/mol. The Bertz CT molecular complexity index is 374. The van der Waals surface area contributed by atoms with Crippen LogP contribution in [0.15, 0.2) is 10.6 Å². The van der Waals surface area contributed by atoms with Crippen LogP contribution in [0, 0.1) is 0 Å². The fourth-order valence-electron chi connectivity index (χ4n) is 1.08. The lowest BCUT2D eigenvalue weighted by Crippen LogP contribution is -2.41. The molecule has 0 fully saturated rings. The number of alkyl halides is 1. The summed E-state index contributed by atoms with van der Waals surface area (Å²) in [4.78, 5) is 0. The molecule has 1 rings (SSSR count). The Morgan fingerprint density at radius 2 is 2.00 bits per heavy atom. The van der Waals surface area contributed by atoms with E-state index in [0.29, 0.717) is 24.4 Å². The van der Waals surface area contributed by atoms with Crippen LogP contribution in [0.4, 0.5) is 0 Å². The number of aromatic nitrogens is 1. The van der Waals surface area contributed by atoms with Gasteiger partial charge in [0.1, 0.15) is 6.61 Å². The Morgan fingerprint density at radius 1 is 1.33 bits per heavy atom. The molecule has 0 unspecified atom stereocenters. The molecule has 0 saturated carbocycles. The van der Waals surface area contributed by atoms with Gasteiger partial charge in [0.05, 0.1) is 11.9 Å². The van der Waals surface area contributed by atoms with Gasteiger partial charge in [0.25, 0.3) is 5.88 Å². The summed E-state index contributed by atoms with van der Waals surface area (Å²) in [6.07, 6.45) is 0. The van der Waals surface area contributed by atoms with Gasteiger partial charge in [-0.15, -0.1) is 0 Å². The standard InChI is InChI=1S/C12H22BrNO3Si/c1-12(2,3)18(4,5)16-7-6-15-11-8-10(9-13)17-14-11/h8H,6-7,9H2,1-5H3. The number of hydrogen-bond acceptors (Lipinski definition) is 4. The second kappa shape index (κ2) is 6.21. The minimum absolute atomic E-state index is 0.226. The van der Waals surface area contributed by atoms with Gasteiger partial charge in [-0.3, -0.25) is 0 Å². The van der Waals surface area contributed by atoms with E-state index in [0.717, 1.165) is 5.76 Å². The van der Waals surface area contributed by atoms with E-state index in [-0.39, 0.29) is 5.04 Å². The molecule has 0 spiro atoms. The topological polar surface area (TPSA) is 44.5 Å². The van der Waals surface area contributed by atoms with Crippen LogP contribution in [0.5, 0.6) is 5.88 Å². The highest BCUT2D eigenvalue weighted by Crippen LogP contribution is 2.36. The molecule has 0 bridgehead atoms. The summed E-state index contributed by atoms with van der Waals surface area (Å²) in [5.41, 5.74) is 0. The predicted octanol–water partition coefficient (Wildman–Crippen LogP) is 3.97. The van der Waals surface area contributed by atoms with Crippen molar-refractivity contribution in [2.75, 3.05) is 13.2 Å². The van der Waals surface area contributed by atoms with Gasteiger partial charge in [-0.25, -0.2) is 0 Å². The van der Waals surface area contributed by atoms with E-state index in [4.69, 9.17) is 13.7 Å². The molecule has 0 aliphatic heterocycles. The highest BCUT2D eigenvalue weighted by Gasteiger charge is 2.36. The Labute approximate surface area is 118 Å². The van der Waals surface area contributed by atoms with Crippen molar-refractivity contribution in [2.24, 2.45) is 0 Å². The van der Waals surface area contributed by atoms with E-state index in [2.05, 4.69) is 55.0 Å². The molecule has 1 aromatic rings. The monoisotopic (exact) mass is 335 g/mol. The van der Waals surface area contributed by atoms with Crippen LogP contribution in [-0.4, -0.2) is 26.7 Å². The molecule has 104 valence electrons. The van der Waals surface area contributed by atoms with Crippen molar-refractivity contribution in [3.05, 3.63) is 11.8 Å². The summed E-state index contributed by atoms with van der Waals surface area (Å²) in [6, 6.07) is 1.78. The normalized spacial score (nSPS) is 12.8. The number of halogens is 1. The van der Waals surface area contributed by atoms with Crippen LogP contribution in [0.3, 0.4) is 0 Å². The van der Waals surface area contributed by atoms with Crippen molar-refractivity contribution in [3.8, 4) is 5.88 Å². The zero-order chi connectivity index (χ0) is 13.8. The average Bonchev–Trinajstić information content (AvgIpc) is 2.70. The van der Waals surface area contributed by atoms with Gasteiger partial charge < -0.3 is 13.7 Å². The van der Waals surface area contributed by atoms with E-state index in [1.165, 1.54) is 0 Å². The van der Waals surface area contributed by atoms with Gasteiger partial charge in [0, 0.05) is 6.07 Å². The summed E-state index contributed by atoms with van der Waals surface area (Å²) in [5.74, 6) is 1.28. The Kier molecular flexibility index (Phi) is 5.42. The maximum atomic E-state index is 6.00. The first-order valence-corrected chi connectivity index (χ1v) is 10.1. The first kappa shape index (κ1) is 15.7. The summed E-state index contributed by atoms with van der Waals surface area (Å²) in [6.45, 7) is 12.2.